The maximum Gasteiger partial charge on any atom is 0.0468 e. The second kappa shape index (κ2) is 8.11. The molecule has 1 heterocycles. The van der Waals surface area contributed by atoms with Crippen molar-refractivity contribution in [2.24, 2.45) is 17.3 Å². The van der Waals surface area contributed by atoms with Gasteiger partial charge >= 0.3 is 0 Å². The van der Waals surface area contributed by atoms with Gasteiger partial charge in [0.05, 0.1) is 0 Å². The number of ether oxygens (including phenoxy) is 1. The molecule has 1 fully saturated rings. The Morgan fingerprint density at radius 2 is 1.50 bits per heavy atom. The summed E-state index contributed by atoms with van der Waals surface area (Å²) in [5.74, 6) is 1.77. The van der Waals surface area contributed by atoms with E-state index in [0.29, 0.717) is 5.41 Å². The maximum absolute atomic E-state index is 5.41. The van der Waals surface area contributed by atoms with Crippen LogP contribution in [0.3, 0.4) is 0 Å². The summed E-state index contributed by atoms with van der Waals surface area (Å²) >= 11 is 0. The molecule has 1 unspecified atom stereocenters. The first kappa shape index (κ1) is 16.0. The van der Waals surface area contributed by atoms with Gasteiger partial charge in [-0.3, -0.25) is 0 Å². The van der Waals surface area contributed by atoms with Crippen LogP contribution in [0.25, 0.3) is 0 Å². The van der Waals surface area contributed by atoms with Gasteiger partial charge in [0, 0.05) is 13.2 Å². The molecule has 98 valence electrons. The quantitative estimate of drug-likeness (QED) is 0.653. The van der Waals surface area contributed by atoms with Crippen molar-refractivity contribution >= 4 is 0 Å². The van der Waals surface area contributed by atoms with Crippen molar-refractivity contribution in [3.8, 4) is 0 Å². The largest absolute Gasteiger partial charge is 0.381 e. The molecular weight excluding hydrogens is 196 g/mol. The summed E-state index contributed by atoms with van der Waals surface area (Å²) in [7, 11) is 0. The van der Waals surface area contributed by atoms with E-state index in [1.54, 1.807) is 0 Å². The molecule has 0 radical (unpaired) electrons. The molecule has 0 aliphatic carbocycles. The Morgan fingerprint density at radius 3 is 1.81 bits per heavy atom. The van der Waals surface area contributed by atoms with Gasteiger partial charge in [-0.05, 0) is 30.1 Å². The van der Waals surface area contributed by atoms with Crippen molar-refractivity contribution in [3.63, 3.8) is 0 Å². The predicted molar refractivity (Wildman–Crippen MR) is 72.7 cm³/mol. The molecule has 1 nitrogen and oxygen atoms in total. The molecular formula is C15H32O. The first-order valence-electron chi connectivity index (χ1n) is 7.05. The average Bonchev–Trinajstić information content (AvgIpc) is 2.19. The van der Waals surface area contributed by atoms with Crippen LogP contribution < -0.4 is 0 Å². The van der Waals surface area contributed by atoms with Crippen molar-refractivity contribution in [3.05, 3.63) is 0 Å². The summed E-state index contributed by atoms with van der Waals surface area (Å²) in [6.07, 6.45) is 5.11. The fraction of sp³-hybridized carbons (Fsp3) is 1.00. The Labute approximate surface area is 103 Å². The van der Waals surface area contributed by atoms with Gasteiger partial charge in [-0.1, -0.05) is 54.4 Å². The number of hydrogen-bond donors (Lipinski definition) is 0. The molecule has 1 saturated heterocycles. The van der Waals surface area contributed by atoms with Crippen LogP contribution in [0, 0.1) is 17.3 Å². The highest BCUT2D eigenvalue weighted by atomic mass is 16.5. The maximum atomic E-state index is 5.41. The van der Waals surface area contributed by atoms with Gasteiger partial charge in [-0.25, -0.2) is 0 Å². The van der Waals surface area contributed by atoms with Crippen LogP contribution in [0.15, 0.2) is 0 Å². The fourth-order valence-electron chi connectivity index (χ4n) is 2.77. The van der Waals surface area contributed by atoms with E-state index in [4.69, 9.17) is 4.74 Å². The molecule has 0 aromatic carbocycles. The second-order valence-electron chi connectivity index (χ2n) is 6.04. The lowest BCUT2D eigenvalue weighted by Crippen LogP contribution is -2.31. The summed E-state index contributed by atoms with van der Waals surface area (Å²) < 4.78 is 5.41. The fourth-order valence-corrected chi connectivity index (χ4v) is 2.77. The van der Waals surface area contributed by atoms with Gasteiger partial charge in [0.25, 0.3) is 0 Å². The lowest BCUT2D eigenvalue weighted by molar-refractivity contribution is 0.0192. The first-order chi connectivity index (χ1) is 7.47. The van der Waals surface area contributed by atoms with Gasteiger partial charge in [-0.2, -0.15) is 0 Å². The zero-order chi connectivity index (χ0) is 12.6. The minimum atomic E-state index is 0.469. The van der Waals surface area contributed by atoms with E-state index >= 15 is 0 Å². The van der Waals surface area contributed by atoms with Gasteiger partial charge in [0.2, 0.25) is 0 Å². The predicted octanol–water partition coefficient (Wildman–Crippen LogP) is 4.90. The van der Waals surface area contributed by atoms with Crippen LogP contribution >= 0.6 is 0 Å². The Hall–Kier alpha value is -0.0400. The molecule has 0 spiro atoms. The van der Waals surface area contributed by atoms with Gasteiger partial charge < -0.3 is 4.74 Å². The van der Waals surface area contributed by atoms with Gasteiger partial charge in [0.15, 0.2) is 0 Å². The smallest absolute Gasteiger partial charge is 0.0468 e. The SMILES string of the molecule is CCC.CCC(C1CCOCC1)C(C)(C)C. The highest BCUT2D eigenvalue weighted by Crippen LogP contribution is 2.38. The minimum Gasteiger partial charge on any atom is -0.381 e. The van der Waals surface area contributed by atoms with Crippen LogP contribution in [0.2, 0.25) is 0 Å². The van der Waals surface area contributed by atoms with Gasteiger partial charge in [-0.15, -0.1) is 0 Å². The Morgan fingerprint density at radius 1 is 1.06 bits per heavy atom. The third-order valence-corrected chi connectivity index (χ3v) is 3.39. The molecule has 1 heteroatoms. The molecule has 1 atom stereocenters. The van der Waals surface area contributed by atoms with E-state index in [-0.39, 0.29) is 0 Å². The molecule has 0 aromatic heterocycles. The molecule has 0 saturated carbocycles. The van der Waals surface area contributed by atoms with Crippen molar-refractivity contribution in [2.45, 2.75) is 67.2 Å². The average molecular weight is 228 g/mol. The van der Waals surface area contributed by atoms with Crippen molar-refractivity contribution in [2.75, 3.05) is 13.2 Å². The van der Waals surface area contributed by atoms with E-state index in [0.717, 1.165) is 25.0 Å². The van der Waals surface area contributed by atoms with Crippen LogP contribution in [0.4, 0.5) is 0 Å². The summed E-state index contributed by atoms with van der Waals surface area (Å²) in [5.41, 5.74) is 0.469. The van der Waals surface area contributed by atoms with E-state index in [1.165, 1.54) is 25.7 Å². The molecule has 1 rings (SSSR count). The van der Waals surface area contributed by atoms with Crippen LogP contribution in [0.5, 0.6) is 0 Å². The summed E-state index contributed by atoms with van der Waals surface area (Å²) in [6, 6.07) is 0. The molecule has 0 bridgehead atoms. The normalized spacial score (nSPS) is 19.9. The Bertz CT molecular complexity index is 151. The third-order valence-electron chi connectivity index (χ3n) is 3.39. The molecule has 1 aliphatic rings. The first-order valence-corrected chi connectivity index (χ1v) is 7.05. The third kappa shape index (κ3) is 5.89. The lowest BCUT2D eigenvalue weighted by atomic mass is 9.69. The highest BCUT2D eigenvalue weighted by molar-refractivity contribution is 4.80. The molecule has 1 aliphatic heterocycles. The second-order valence-corrected chi connectivity index (χ2v) is 6.04. The molecule has 16 heavy (non-hydrogen) atoms. The van der Waals surface area contributed by atoms with E-state index in [1.807, 2.05) is 0 Å². The van der Waals surface area contributed by atoms with E-state index < -0.39 is 0 Å². The zero-order valence-corrected chi connectivity index (χ0v) is 12.3. The Balaban J connectivity index is 0.000000673. The van der Waals surface area contributed by atoms with E-state index in [9.17, 15) is 0 Å². The highest BCUT2D eigenvalue weighted by Gasteiger charge is 2.31. The van der Waals surface area contributed by atoms with Gasteiger partial charge in [0.1, 0.15) is 0 Å². The van der Waals surface area contributed by atoms with Crippen LogP contribution in [0.1, 0.15) is 67.2 Å². The van der Waals surface area contributed by atoms with Crippen LogP contribution in [-0.2, 0) is 4.74 Å². The van der Waals surface area contributed by atoms with Crippen molar-refractivity contribution in [1.29, 1.82) is 0 Å². The topological polar surface area (TPSA) is 9.23 Å². The molecule has 0 N–H and O–H groups in total. The Kier molecular flexibility index (Phi) is 8.09. The monoisotopic (exact) mass is 228 g/mol. The summed E-state index contributed by atoms with van der Waals surface area (Å²) in [6.45, 7) is 15.7. The molecule has 0 amide bonds. The number of hydrogen-bond acceptors (Lipinski definition) is 1. The van der Waals surface area contributed by atoms with E-state index in [2.05, 4.69) is 41.5 Å². The lowest BCUT2D eigenvalue weighted by Gasteiger charge is -2.38. The zero-order valence-electron chi connectivity index (χ0n) is 12.3. The standard InChI is InChI=1S/C12H24O.C3H8/c1-5-11(12(2,3)4)10-6-8-13-9-7-10;1-3-2/h10-11H,5-9H2,1-4H3;3H2,1-2H3. The van der Waals surface area contributed by atoms with Crippen LogP contribution in [-0.4, -0.2) is 13.2 Å². The minimum absolute atomic E-state index is 0.469. The molecule has 0 aromatic rings. The summed E-state index contributed by atoms with van der Waals surface area (Å²) in [4.78, 5) is 0. The summed E-state index contributed by atoms with van der Waals surface area (Å²) in [5, 5.41) is 0. The van der Waals surface area contributed by atoms with Crippen molar-refractivity contribution < 1.29 is 4.74 Å². The van der Waals surface area contributed by atoms with Crippen molar-refractivity contribution in [1.82, 2.24) is 0 Å². The number of rotatable bonds is 2.